The summed E-state index contributed by atoms with van der Waals surface area (Å²) in [6.07, 6.45) is 2.35. The molecule has 0 aliphatic carbocycles. The molecule has 2 N–H and O–H groups in total. The standard InChI is InChI=1S/C18H27N3O4/c1-5-13(20-16(22)14-7-6-8-19-12(14)2)9-21-11-18(3,4)25-10-15(21)17(23)24/h6-8,13,15H,5,9-11H2,1-4H3,(H,20,22)(H,23,24). The normalized spacial score (nSPS) is 21.5. The maximum Gasteiger partial charge on any atom is 0.323 e. The van der Waals surface area contributed by atoms with Gasteiger partial charge in [-0.25, -0.2) is 0 Å². The van der Waals surface area contributed by atoms with Gasteiger partial charge in [0.15, 0.2) is 0 Å². The minimum Gasteiger partial charge on any atom is -0.480 e. The van der Waals surface area contributed by atoms with Gasteiger partial charge in [0.25, 0.3) is 5.91 Å². The smallest absolute Gasteiger partial charge is 0.323 e. The molecule has 2 heterocycles. The number of morpholine rings is 1. The van der Waals surface area contributed by atoms with Crippen LogP contribution >= 0.6 is 0 Å². The summed E-state index contributed by atoms with van der Waals surface area (Å²) in [6.45, 7) is 8.76. The number of aryl methyl sites for hydroxylation is 1. The highest BCUT2D eigenvalue weighted by Gasteiger charge is 2.38. The monoisotopic (exact) mass is 349 g/mol. The second-order valence-electron chi connectivity index (χ2n) is 7.07. The molecule has 1 aromatic heterocycles. The van der Waals surface area contributed by atoms with Crippen molar-refractivity contribution < 1.29 is 19.4 Å². The Labute approximate surface area is 148 Å². The third-order valence-electron chi connectivity index (χ3n) is 4.48. The van der Waals surface area contributed by atoms with Crippen LogP contribution in [0.3, 0.4) is 0 Å². The van der Waals surface area contributed by atoms with Gasteiger partial charge in [0, 0.05) is 31.0 Å². The number of aliphatic carboxylic acids is 1. The lowest BCUT2D eigenvalue weighted by atomic mass is 10.0. The van der Waals surface area contributed by atoms with E-state index < -0.39 is 17.6 Å². The fourth-order valence-corrected chi connectivity index (χ4v) is 3.02. The molecular formula is C18H27N3O4. The summed E-state index contributed by atoms with van der Waals surface area (Å²) in [4.78, 5) is 30.0. The Kier molecular flexibility index (Phi) is 6.13. The first-order valence-corrected chi connectivity index (χ1v) is 8.57. The van der Waals surface area contributed by atoms with E-state index in [0.29, 0.717) is 30.8 Å². The van der Waals surface area contributed by atoms with Gasteiger partial charge in [0.1, 0.15) is 6.04 Å². The number of rotatable bonds is 6. The lowest BCUT2D eigenvalue weighted by molar-refractivity contribution is -0.162. The Balaban J connectivity index is 2.08. The van der Waals surface area contributed by atoms with Crippen molar-refractivity contribution in [2.24, 2.45) is 0 Å². The number of carboxylic acids is 1. The SMILES string of the molecule is CCC(CN1CC(C)(C)OCC1C(=O)O)NC(=O)c1cccnc1C. The molecule has 2 atom stereocenters. The lowest BCUT2D eigenvalue weighted by Crippen LogP contribution is -2.59. The average Bonchev–Trinajstić information content (AvgIpc) is 2.53. The summed E-state index contributed by atoms with van der Waals surface area (Å²) in [5.41, 5.74) is 0.803. The Hall–Kier alpha value is -1.99. The van der Waals surface area contributed by atoms with E-state index in [1.807, 2.05) is 25.7 Å². The van der Waals surface area contributed by atoms with Crippen molar-refractivity contribution in [2.45, 2.75) is 51.8 Å². The predicted octanol–water partition coefficient (Wildman–Crippen LogP) is 1.46. The molecule has 0 radical (unpaired) electrons. The molecule has 25 heavy (non-hydrogen) atoms. The highest BCUT2D eigenvalue weighted by molar-refractivity contribution is 5.95. The number of aromatic nitrogens is 1. The molecule has 138 valence electrons. The fraction of sp³-hybridized carbons (Fsp3) is 0.611. The Bertz CT molecular complexity index is 633. The van der Waals surface area contributed by atoms with E-state index in [1.165, 1.54) is 0 Å². The molecule has 7 heteroatoms. The van der Waals surface area contributed by atoms with Crippen LogP contribution in [0.15, 0.2) is 18.3 Å². The van der Waals surface area contributed by atoms with Crippen molar-refractivity contribution in [1.82, 2.24) is 15.2 Å². The molecular weight excluding hydrogens is 322 g/mol. The van der Waals surface area contributed by atoms with Crippen molar-refractivity contribution in [2.75, 3.05) is 19.7 Å². The molecule has 1 aromatic rings. The highest BCUT2D eigenvalue weighted by atomic mass is 16.5. The van der Waals surface area contributed by atoms with E-state index in [4.69, 9.17) is 4.74 Å². The zero-order valence-corrected chi connectivity index (χ0v) is 15.3. The van der Waals surface area contributed by atoms with Crippen molar-refractivity contribution in [1.29, 1.82) is 0 Å². The average molecular weight is 349 g/mol. The summed E-state index contributed by atoms with van der Waals surface area (Å²) in [6, 6.07) is 2.62. The van der Waals surface area contributed by atoms with E-state index in [9.17, 15) is 14.7 Å². The summed E-state index contributed by atoms with van der Waals surface area (Å²) >= 11 is 0. The lowest BCUT2D eigenvalue weighted by Gasteiger charge is -2.43. The van der Waals surface area contributed by atoms with Crippen LogP contribution in [-0.4, -0.2) is 64.2 Å². The third-order valence-corrected chi connectivity index (χ3v) is 4.48. The first-order chi connectivity index (χ1) is 11.7. The topological polar surface area (TPSA) is 91.8 Å². The van der Waals surface area contributed by atoms with Crippen molar-refractivity contribution >= 4 is 11.9 Å². The zero-order chi connectivity index (χ0) is 18.6. The maximum atomic E-state index is 12.5. The number of nitrogens with one attached hydrogen (secondary N) is 1. The quantitative estimate of drug-likeness (QED) is 0.808. The van der Waals surface area contributed by atoms with Crippen LogP contribution in [0.2, 0.25) is 0 Å². The molecule has 1 aliphatic rings. The number of nitrogens with zero attached hydrogens (tertiary/aromatic N) is 2. The van der Waals surface area contributed by atoms with E-state index in [0.717, 1.165) is 0 Å². The van der Waals surface area contributed by atoms with Gasteiger partial charge < -0.3 is 15.2 Å². The van der Waals surface area contributed by atoms with Gasteiger partial charge in [-0.1, -0.05) is 6.92 Å². The van der Waals surface area contributed by atoms with Gasteiger partial charge in [-0.3, -0.25) is 19.5 Å². The molecule has 0 aromatic carbocycles. The number of ether oxygens (including phenoxy) is 1. The number of pyridine rings is 1. The molecule has 7 nitrogen and oxygen atoms in total. The van der Waals surface area contributed by atoms with Gasteiger partial charge in [-0.15, -0.1) is 0 Å². The van der Waals surface area contributed by atoms with Gasteiger partial charge >= 0.3 is 5.97 Å². The molecule has 1 fully saturated rings. The summed E-state index contributed by atoms with van der Waals surface area (Å²) in [7, 11) is 0. The van der Waals surface area contributed by atoms with Gasteiger partial charge in [0.2, 0.25) is 0 Å². The van der Waals surface area contributed by atoms with Crippen molar-refractivity contribution in [3.63, 3.8) is 0 Å². The van der Waals surface area contributed by atoms with E-state index in [1.54, 1.807) is 25.3 Å². The van der Waals surface area contributed by atoms with Crippen molar-refractivity contribution in [3.8, 4) is 0 Å². The van der Waals surface area contributed by atoms with Crippen LogP contribution in [0.4, 0.5) is 0 Å². The van der Waals surface area contributed by atoms with Gasteiger partial charge in [-0.05, 0) is 39.3 Å². The van der Waals surface area contributed by atoms with Crippen LogP contribution in [0.1, 0.15) is 43.2 Å². The number of carbonyl (C=O) groups is 2. The van der Waals surface area contributed by atoms with E-state index in [2.05, 4.69) is 10.3 Å². The van der Waals surface area contributed by atoms with Crippen LogP contribution < -0.4 is 5.32 Å². The van der Waals surface area contributed by atoms with Crippen LogP contribution in [0.5, 0.6) is 0 Å². The maximum absolute atomic E-state index is 12.5. The molecule has 2 unspecified atom stereocenters. The molecule has 0 spiro atoms. The summed E-state index contributed by atoms with van der Waals surface area (Å²) in [5.74, 6) is -1.09. The van der Waals surface area contributed by atoms with E-state index in [-0.39, 0.29) is 18.6 Å². The number of hydrogen-bond acceptors (Lipinski definition) is 5. The fourth-order valence-electron chi connectivity index (χ4n) is 3.02. The molecule has 0 bridgehead atoms. The zero-order valence-electron chi connectivity index (χ0n) is 15.3. The summed E-state index contributed by atoms with van der Waals surface area (Å²) < 4.78 is 5.63. The minimum absolute atomic E-state index is 0.147. The van der Waals surface area contributed by atoms with Crippen LogP contribution in [0.25, 0.3) is 0 Å². The molecule has 1 amide bonds. The highest BCUT2D eigenvalue weighted by Crippen LogP contribution is 2.21. The van der Waals surface area contributed by atoms with Crippen molar-refractivity contribution in [3.05, 3.63) is 29.6 Å². The molecule has 1 saturated heterocycles. The third kappa shape index (κ3) is 4.99. The van der Waals surface area contributed by atoms with Crippen LogP contribution in [0, 0.1) is 6.92 Å². The molecule has 0 saturated carbocycles. The summed E-state index contributed by atoms with van der Waals surface area (Å²) in [5, 5.41) is 12.4. The van der Waals surface area contributed by atoms with Gasteiger partial charge in [-0.2, -0.15) is 0 Å². The minimum atomic E-state index is -0.903. The second kappa shape index (κ2) is 7.93. The number of carboxylic acid groups (broad SMARTS) is 1. The number of amides is 1. The van der Waals surface area contributed by atoms with E-state index >= 15 is 0 Å². The Morgan fingerprint density at radius 1 is 1.52 bits per heavy atom. The first kappa shape index (κ1) is 19.3. The number of hydrogen-bond donors (Lipinski definition) is 2. The largest absolute Gasteiger partial charge is 0.480 e. The van der Waals surface area contributed by atoms with Gasteiger partial charge in [0.05, 0.1) is 17.8 Å². The Morgan fingerprint density at radius 2 is 2.24 bits per heavy atom. The first-order valence-electron chi connectivity index (χ1n) is 8.57. The molecule has 2 rings (SSSR count). The number of carbonyl (C=O) groups excluding carboxylic acids is 1. The molecule has 1 aliphatic heterocycles. The van der Waals surface area contributed by atoms with Crippen LogP contribution in [-0.2, 0) is 9.53 Å². The second-order valence-corrected chi connectivity index (χ2v) is 7.07. The Morgan fingerprint density at radius 3 is 2.84 bits per heavy atom. The predicted molar refractivity (Wildman–Crippen MR) is 93.5 cm³/mol.